The van der Waals surface area contributed by atoms with Crippen molar-refractivity contribution in [1.82, 2.24) is 42.1 Å². The minimum atomic E-state index is -1.78. The molecule has 0 bridgehead atoms. The number of nitrogens with one attached hydrogen (secondary N) is 7. The molecule has 1 heterocycles. The van der Waals surface area contributed by atoms with E-state index in [4.69, 9.17) is 16.5 Å². The largest absolute Gasteiger partial charge is 0.452 e. The summed E-state index contributed by atoms with van der Waals surface area (Å²) in [5.41, 5.74) is 15.0. The summed E-state index contributed by atoms with van der Waals surface area (Å²) in [6.07, 6.45) is 0.717. The Labute approximate surface area is 360 Å². The number of carbonyl (C=O) groups is 8. The van der Waals surface area contributed by atoms with Gasteiger partial charge in [-0.2, -0.15) is 0 Å². The van der Waals surface area contributed by atoms with Crippen LogP contribution in [0.2, 0.25) is 0 Å². The molecule has 335 valence electrons. The molecule has 2 aromatic carbocycles. The number of nitrogens with zero attached hydrogens (tertiary/aromatic N) is 2. The number of aliphatic hydroxyl groups excluding tert-OH is 1. The zero-order chi connectivity index (χ0) is 45.9. The van der Waals surface area contributed by atoms with Crippen LogP contribution in [0.4, 0.5) is 0 Å². The summed E-state index contributed by atoms with van der Waals surface area (Å²) >= 11 is 0. The number of rotatable bonds is 24. The first-order valence-electron chi connectivity index (χ1n) is 20.1. The second-order valence-corrected chi connectivity index (χ2v) is 14.7. The van der Waals surface area contributed by atoms with Gasteiger partial charge >= 0.3 is 7.48 Å². The quantitative estimate of drug-likeness (QED) is 0.0361. The van der Waals surface area contributed by atoms with Crippen LogP contribution in [0, 0.1) is 0 Å². The van der Waals surface area contributed by atoms with E-state index in [-0.39, 0.29) is 18.7 Å². The zero-order valence-corrected chi connectivity index (χ0v) is 35.2. The van der Waals surface area contributed by atoms with E-state index in [1.807, 2.05) is 12.1 Å². The van der Waals surface area contributed by atoms with Crippen LogP contribution in [-0.4, -0.2) is 145 Å². The third-order valence-electron chi connectivity index (χ3n) is 9.77. The Balaban J connectivity index is 1.56. The Kier molecular flexibility index (Phi) is 20.1. The maximum Gasteiger partial charge on any atom is 0.311 e. The highest BCUT2D eigenvalue weighted by Crippen LogP contribution is 2.21. The lowest BCUT2D eigenvalue weighted by Gasteiger charge is -2.29. The third kappa shape index (κ3) is 15.7. The average Bonchev–Trinajstić information content (AvgIpc) is 3.78. The van der Waals surface area contributed by atoms with Crippen molar-refractivity contribution in [3.63, 3.8) is 0 Å². The number of nitrogens with two attached hydrogens (primary N) is 2. The van der Waals surface area contributed by atoms with Crippen molar-refractivity contribution in [2.45, 2.75) is 89.1 Å². The van der Waals surface area contributed by atoms with Crippen molar-refractivity contribution < 1.29 is 48.5 Å². The number of hydrogen-bond donors (Lipinski definition) is 11. The molecule has 62 heavy (non-hydrogen) atoms. The molecule has 8 amide bonds. The van der Waals surface area contributed by atoms with Crippen molar-refractivity contribution in [1.29, 1.82) is 0 Å². The van der Waals surface area contributed by atoms with Gasteiger partial charge in [0.1, 0.15) is 24.2 Å². The molecule has 0 saturated carbocycles. The van der Waals surface area contributed by atoms with Crippen molar-refractivity contribution >= 4 is 60.5 Å². The maximum atomic E-state index is 13.5. The molecule has 1 aliphatic rings. The van der Waals surface area contributed by atoms with Gasteiger partial charge in [0.15, 0.2) is 6.17 Å². The molecule has 0 fully saturated rings. The molecule has 21 nitrogen and oxygen atoms in total. The van der Waals surface area contributed by atoms with E-state index in [2.05, 4.69) is 61.3 Å². The second-order valence-electron chi connectivity index (χ2n) is 14.7. The predicted molar refractivity (Wildman–Crippen MR) is 228 cm³/mol. The highest BCUT2D eigenvalue weighted by atomic mass is 16.3. The monoisotopic (exact) mass is 862 g/mol. The van der Waals surface area contributed by atoms with Crippen LogP contribution < -0.4 is 48.7 Å². The Bertz CT molecular complexity index is 1930. The summed E-state index contributed by atoms with van der Waals surface area (Å²) in [5.74, 6) is -7.67. The Morgan fingerprint density at radius 1 is 0.839 bits per heavy atom. The second kappa shape index (κ2) is 24.9. The number of aliphatic hydroxyl groups is 1. The summed E-state index contributed by atoms with van der Waals surface area (Å²) < 4.78 is 0. The minimum absolute atomic E-state index is 0.0938. The summed E-state index contributed by atoms with van der Waals surface area (Å²) in [4.78, 5) is 108. The molecule has 0 saturated heterocycles. The number of aryl methyl sites for hydroxylation is 1. The van der Waals surface area contributed by atoms with E-state index in [9.17, 15) is 43.5 Å². The van der Waals surface area contributed by atoms with Crippen LogP contribution in [0.25, 0.3) is 11.1 Å². The molecule has 1 aliphatic heterocycles. The molecule has 6 unspecified atom stereocenters. The summed E-state index contributed by atoms with van der Waals surface area (Å²) in [6, 6.07) is 9.45. The van der Waals surface area contributed by atoms with Gasteiger partial charge in [0, 0.05) is 37.2 Å². The topological polar surface area (TPSA) is 329 Å². The van der Waals surface area contributed by atoms with Crippen molar-refractivity contribution in [2.75, 3.05) is 33.4 Å². The molecule has 0 aliphatic carbocycles. The highest BCUT2D eigenvalue weighted by molar-refractivity contribution is 6.28. The molecule has 13 N–H and O–H groups in total. The van der Waals surface area contributed by atoms with E-state index in [0.717, 1.165) is 35.3 Å². The number of primary amides is 1. The van der Waals surface area contributed by atoms with Crippen LogP contribution >= 0.6 is 0 Å². The molecule has 1 radical (unpaired) electrons. The number of carbonyl (C=O) groups excluding carboxylic acids is 8. The van der Waals surface area contributed by atoms with Crippen LogP contribution in [0.3, 0.4) is 0 Å². The number of likely N-dealkylation sites (N-methyl/N-ethyl adjacent to an activating group) is 1. The molecule has 3 rings (SSSR count). The first kappa shape index (κ1) is 50.1. The SMILES string of the molecule is CCCCc1ccc(-c2ccc(C(=O)NC(CO)C(=O)NC(C)C(=O)NCC(=O)N(C)C(CC3=NCNC3)C(=O)NC(N)C(=O)NC(CC(N)=O)C(=O)NC(C)[B]O)cc2)cc1. The molecule has 2 aromatic rings. The number of unbranched alkanes of at least 4 members (excludes halogenated alkanes) is 1. The fourth-order valence-electron chi connectivity index (χ4n) is 6.03. The Hall–Kier alpha value is -6.23. The van der Waals surface area contributed by atoms with Gasteiger partial charge in [0.25, 0.3) is 11.8 Å². The fraction of sp³-hybridized carbons (Fsp3) is 0.475. The van der Waals surface area contributed by atoms with Gasteiger partial charge in [-0.05, 0) is 55.5 Å². The van der Waals surface area contributed by atoms with Gasteiger partial charge in [-0.3, -0.25) is 48.7 Å². The van der Waals surface area contributed by atoms with Crippen LogP contribution in [0.1, 0.15) is 62.4 Å². The number of amides is 8. The molecule has 0 spiro atoms. The number of benzene rings is 2. The lowest BCUT2D eigenvalue weighted by atomic mass is 9.90. The summed E-state index contributed by atoms with van der Waals surface area (Å²) in [5, 5.41) is 36.1. The maximum absolute atomic E-state index is 13.5. The average molecular weight is 863 g/mol. The Morgan fingerprint density at radius 3 is 2.03 bits per heavy atom. The van der Waals surface area contributed by atoms with Crippen molar-refractivity contribution in [2.24, 2.45) is 16.5 Å². The standard InChI is InChI=1S/C40H57BN11O10/c1-5-6-7-24-8-10-25(11-9-24)26-12-14-27(15-13-26)36(57)50-30(20-53)38(59)47-22(2)35(56)45-19-33(55)52(4)31(16-28-18-44-21-46-28)39(60)51-34(43)40(61)49-29(17-32(42)54)37(58)48-23(3)41-62/h8-15,22-23,29-31,34,44,53,62H,5-7,16-21,43H2,1-4H3,(H2,42,54)(H,45,56)(H,47,59)(H,48,58)(H,49,61)(H,50,57)(H,51,60). The lowest BCUT2D eigenvalue weighted by molar-refractivity contribution is -0.140. The Morgan fingerprint density at radius 2 is 1.47 bits per heavy atom. The zero-order valence-electron chi connectivity index (χ0n) is 35.2. The molecular weight excluding hydrogens is 805 g/mol. The van der Waals surface area contributed by atoms with Gasteiger partial charge in [-0.25, -0.2) is 0 Å². The van der Waals surface area contributed by atoms with Gasteiger partial charge in [-0.15, -0.1) is 0 Å². The van der Waals surface area contributed by atoms with Crippen molar-refractivity contribution in [3.8, 4) is 11.1 Å². The van der Waals surface area contributed by atoms with E-state index in [1.165, 1.54) is 26.5 Å². The molecular formula is C40H57BN11O10. The lowest BCUT2D eigenvalue weighted by Crippen LogP contribution is -2.61. The smallest absolute Gasteiger partial charge is 0.311 e. The van der Waals surface area contributed by atoms with E-state index in [1.54, 1.807) is 24.3 Å². The van der Waals surface area contributed by atoms with Gasteiger partial charge in [0.05, 0.1) is 26.2 Å². The van der Waals surface area contributed by atoms with Gasteiger partial charge < -0.3 is 58.4 Å². The van der Waals surface area contributed by atoms with E-state index >= 15 is 0 Å². The van der Waals surface area contributed by atoms with Crippen molar-refractivity contribution in [3.05, 3.63) is 59.7 Å². The first-order valence-corrected chi connectivity index (χ1v) is 20.1. The van der Waals surface area contributed by atoms with Crippen LogP contribution in [0.15, 0.2) is 53.5 Å². The molecule has 22 heteroatoms. The normalized spacial score (nSPS) is 14.9. The minimum Gasteiger partial charge on any atom is -0.452 e. The van der Waals surface area contributed by atoms with Gasteiger partial charge in [0.2, 0.25) is 35.4 Å². The fourth-order valence-corrected chi connectivity index (χ4v) is 6.03. The van der Waals surface area contributed by atoms with E-state index < -0.39 is 103 Å². The van der Waals surface area contributed by atoms with Crippen LogP contribution in [-0.2, 0) is 40.0 Å². The summed E-state index contributed by atoms with van der Waals surface area (Å²) in [7, 11) is 1.95. The molecule has 0 aromatic heterocycles. The van der Waals surface area contributed by atoms with Gasteiger partial charge in [-0.1, -0.05) is 49.7 Å². The summed E-state index contributed by atoms with van der Waals surface area (Å²) in [6.45, 7) is 4.04. The highest BCUT2D eigenvalue weighted by Gasteiger charge is 2.33. The third-order valence-corrected chi connectivity index (χ3v) is 9.77. The van der Waals surface area contributed by atoms with Crippen LogP contribution in [0.5, 0.6) is 0 Å². The molecule has 6 atom stereocenters. The number of aliphatic imine (C=N–C) groups is 1. The van der Waals surface area contributed by atoms with E-state index in [0.29, 0.717) is 19.7 Å². The number of hydrogen-bond acceptors (Lipinski definition) is 13. The first-order chi connectivity index (χ1) is 29.5. The predicted octanol–water partition coefficient (Wildman–Crippen LogP) is -3.54.